The van der Waals surface area contributed by atoms with Crippen molar-refractivity contribution in [2.24, 2.45) is 5.92 Å². The summed E-state index contributed by atoms with van der Waals surface area (Å²) in [5.74, 6) is -0.373. The van der Waals surface area contributed by atoms with Gasteiger partial charge in [0.15, 0.2) is 0 Å². The minimum atomic E-state index is -0.257. The molecule has 168 valence electrons. The molecule has 0 spiro atoms. The van der Waals surface area contributed by atoms with Crippen LogP contribution < -0.4 is 9.80 Å². The topological polar surface area (TPSA) is 26.8 Å². The smallest absolute Gasteiger partial charge is 0.230 e. The Hall–Kier alpha value is -1.53. The molecule has 31 heavy (non-hydrogen) atoms. The molecule has 0 N–H and O–H groups in total. The maximum Gasteiger partial charge on any atom is 0.230 e. The van der Waals surface area contributed by atoms with Crippen LogP contribution in [0.3, 0.4) is 0 Å². The van der Waals surface area contributed by atoms with E-state index in [-0.39, 0.29) is 30.0 Å². The molecule has 0 aromatic heterocycles. The maximum absolute atomic E-state index is 14.1. The molecule has 2 aliphatic rings. The number of rotatable bonds is 4. The van der Waals surface area contributed by atoms with E-state index in [0.717, 1.165) is 56.0 Å². The zero-order valence-electron chi connectivity index (χ0n) is 17.5. The summed E-state index contributed by atoms with van der Waals surface area (Å²) >= 11 is 12.2. The van der Waals surface area contributed by atoms with Crippen molar-refractivity contribution >= 4 is 52.9 Å². The van der Waals surface area contributed by atoms with Gasteiger partial charge in [-0.25, -0.2) is 4.39 Å². The number of hydrogen-bond acceptors (Lipinski definition) is 3. The van der Waals surface area contributed by atoms with E-state index in [0.29, 0.717) is 23.0 Å². The zero-order valence-corrected chi connectivity index (χ0v) is 19.8. The maximum atomic E-state index is 14.1. The number of halogens is 4. The number of piperidine rings is 1. The molecular formula is C23H27Cl3FN3O. The van der Waals surface area contributed by atoms with Crippen molar-refractivity contribution in [1.82, 2.24) is 4.90 Å². The van der Waals surface area contributed by atoms with Crippen molar-refractivity contribution < 1.29 is 9.18 Å². The average Bonchev–Trinajstić information content (AvgIpc) is 2.73. The lowest BCUT2D eigenvalue weighted by atomic mass is 9.89. The molecule has 0 saturated carbocycles. The lowest BCUT2D eigenvalue weighted by molar-refractivity contribution is -0.123. The Bertz CT molecular complexity index is 934. The van der Waals surface area contributed by atoms with Gasteiger partial charge in [0, 0.05) is 50.0 Å². The Morgan fingerprint density at radius 2 is 1.74 bits per heavy atom. The van der Waals surface area contributed by atoms with Gasteiger partial charge in [-0.05, 0) is 68.3 Å². The van der Waals surface area contributed by atoms with E-state index in [9.17, 15) is 9.18 Å². The Balaban J connectivity index is 0.00000272. The van der Waals surface area contributed by atoms with Gasteiger partial charge in [-0.15, -0.1) is 12.4 Å². The van der Waals surface area contributed by atoms with Crippen LogP contribution in [0.2, 0.25) is 10.0 Å². The van der Waals surface area contributed by atoms with Crippen molar-refractivity contribution in [3.8, 4) is 0 Å². The first kappa shape index (κ1) is 24.1. The fourth-order valence-corrected chi connectivity index (χ4v) is 4.68. The van der Waals surface area contributed by atoms with E-state index in [1.807, 2.05) is 12.1 Å². The number of piperazine rings is 1. The molecular weight excluding hydrogens is 460 g/mol. The fraction of sp³-hybridized carbons (Fsp3) is 0.435. The first-order chi connectivity index (χ1) is 14.4. The summed E-state index contributed by atoms with van der Waals surface area (Å²) < 4.78 is 14.1. The van der Waals surface area contributed by atoms with E-state index < -0.39 is 0 Å². The third-order valence-corrected chi connectivity index (χ3v) is 6.86. The minimum absolute atomic E-state index is 0. The third kappa shape index (κ3) is 5.46. The molecule has 1 unspecified atom stereocenters. The molecule has 4 rings (SSSR count). The molecule has 2 aromatic carbocycles. The van der Waals surface area contributed by atoms with Crippen LogP contribution in [0.5, 0.6) is 0 Å². The Morgan fingerprint density at radius 1 is 1.00 bits per heavy atom. The van der Waals surface area contributed by atoms with Crippen molar-refractivity contribution in [2.45, 2.75) is 19.3 Å². The summed E-state index contributed by atoms with van der Waals surface area (Å²) in [6.07, 6.45) is 2.24. The fourth-order valence-electron chi connectivity index (χ4n) is 4.39. The SMILES string of the molecule is CN1CCN(c2ccc(F)cc2CC2CCCN(c3ccc(Cl)c(Cl)c3)C2=O)CC1.Cl. The van der Waals surface area contributed by atoms with Gasteiger partial charge in [-0.2, -0.15) is 0 Å². The van der Waals surface area contributed by atoms with Crippen molar-refractivity contribution in [2.75, 3.05) is 49.6 Å². The zero-order chi connectivity index (χ0) is 21.3. The first-order valence-corrected chi connectivity index (χ1v) is 11.2. The molecule has 4 nitrogen and oxygen atoms in total. The first-order valence-electron chi connectivity index (χ1n) is 10.4. The minimum Gasteiger partial charge on any atom is -0.369 e. The highest BCUT2D eigenvalue weighted by molar-refractivity contribution is 6.42. The number of carbonyl (C=O) groups is 1. The lowest BCUT2D eigenvalue weighted by Gasteiger charge is -2.36. The van der Waals surface area contributed by atoms with E-state index in [4.69, 9.17) is 23.2 Å². The Morgan fingerprint density at radius 3 is 2.45 bits per heavy atom. The highest BCUT2D eigenvalue weighted by Gasteiger charge is 2.31. The average molecular weight is 487 g/mol. The molecule has 2 fully saturated rings. The van der Waals surface area contributed by atoms with Gasteiger partial charge in [-0.3, -0.25) is 4.79 Å². The van der Waals surface area contributed by atoms with Gasteiger partial charge in [0.2, 0.25) is 5.91 Å². The number of benzene rings is 2. The Kier molecular flexibility index (Phi) is 8.08. The Labute approximate surface area is 199 Å². The van der Waals surface area contributed by atoms with Gasteiger partial charge < -0.3 is 14.7 Å². The molecule has 8 heteroatoms. The second-order valence-corrected chi connectivity index (χ2v) is 9.01. The van der Waals surface area contributed by atoms with Crippen molar-refractivity contribution in [3.63, 3.8) is 0 Å². The molecule has 2 saturated heterocycles. The van der Waals surface area contributed by atoms with Crippen LogP contribution >= 0.6 is 35.6 Å². The predicted molar refractivity (Wildman–Crippen MR) is 129 cm³/mol. The monoisotopic (exact) mass is 485 g/mol. The number of amides is 1. The van der Waals surface area contributed by atoms with Gasteiger partial charge in [0.25, 0.3) is 0 Å². The molecule has 1 atom stereocenters. The molecule has 0 radical (unpaired) electrons. The standard InChI is InChI=1S/C23H26Cl2FN3O.ClH/c1-27-9-11-28(12-10-27)22-7-4-18(26)14-17(22)13-16-3-2-8-29(23(16)30)19-5-6-20(24)21(25)15-19;/h4-7,14-16H,2-3,8-13H2,1H3;1H. The predicted octanol–water partition coefficient (Wildman–Crippen LogP) is 5.29. The van der Waals surface area contributed by atoms with Crippen molar-refractivity contribution in [3.05, 3.63) is 57.8 Å². The lowest BCUT2D eigenvalue weighted by Crippen LogP contribution is -2.45. The molecule has 0 bridgehead atoms. The van der Waals surface area contributed by atoms with Crippen LogP contribution in [-0.4, -0.2) is 50.6 Å². The number of likely N-dealkylation sites (N-methyl/N-ethyl adjacent to an activating group) is 1. The number of carbonyl (C=O) groups excluding carboxylic acids is 1. The molecule has 1 amide bonds. The normalized spacial score (nSPS) is 20.0. The van der Waals surface area contributed by atoms with Gasteiger partial charge >= 0.3 is 0 Å². The molecule has 2 heterocycles. The number of hydrogen-bond donors (Lipinski definition) is 0. The largest absolute Gasteiger partial charge is 0.369 e. The number of anilines is 2. The van der Waals surface area contributed by atoms with Gasteiger partial charge in [-0.1, -0.05) is 23.2 Å². The van der Waals surface area contributed by atoms with Crippen LogP contribution in [0.15, 0.2) is 36.4 Å². The summed E-state index contributed by atoms with van der Waals surface area (Å²) in [7, 11) is 2.11. The summed E-state index contributed by atoms with van der Waals surface area (Å²) in [4.78, 5) is 19.7. The molecule has 0 aliphatic carbocycles. The second kappa shape index (κ2) is 10.4. The van der Waals surface area contributed by atoms with Crippen LogP contribution in [0.4, 0.5) is 15.8 Å². The summed E-state index contributed by atoms with van der Waals surface area (Å²) in [5.41, 5.74) is 2.72. The highest BCUT2D eigenvalue weighted by atomic mass is 35.5. The highest BCUT2D eigenvalue weighted by Crippen LogP contribution is 2.33. The van der Waals surface area contributed by atoms with Crippen LogP contribution in [0, 0.1) is 11.7 Å². The van der Waals surface area contributed by atoms with E-state index in [2.05, 4.69) is 16.8 Å². The second-order valence-electron chi connectivity index (χ2n) is 8.19. The van der Waals surface area contributed by atoms with Crippen molar-refractivity contribution in [1.29, 1.82) is 0 Å². The molecule has 2 aromatic rings. The summed E-state index contributed by atoms with van der Waals surface area (Å²) in [5, 5.41) is 0.907. The number of nitrogens with zero attached hydrogens (tertiary/aromatic N) is 3. The quantitative estimate of drug-likeness (QED) is 0.587. The summed E-state index contributed by atoms with van der Waals surface area (Å²) in [6, 6.07) is 10.3. The van der Waals surface area contributed by atoms with Crippen LogP contribution in [-0.2, 0) is 11.2 Å². The summed E-state index contributed by atoms with van der Waals surface area (Å²) in [6.45, 7) is 4.42. The van der Waals surface area contributed by atoms with Gasteiger partial charge in [0.1, 0.15) is 5.82 Å². The van der Waals surface area contributed by atoms with E-state index >= 15 is 0 Å². The van der Waals surface area contributed by atoms with E-state index in [1.165, 1.54) is 6.07 Å². The third-order valence-electron chi connectivity index (χ3n) is 6.12. The van der Waals surface area contributed by atoms with Crippen LogP contribution in [0.1, 0.15) is 18.4 Å². The van der Waals surface area contributed by atoms with E-state index in [1.54, 1.807) is 23.1 Å². The van der Waals surface area contributed by atoms with Gasteiger partial charge in [0.05, 0.1) is 10.0 Å². The van der Waals surface area contributed by atoms with Crippen LogP contribution in [0.25, 0.3) is 0 Å². The molecule has 2 aliphatic heterocycles.